The number of fused-ring (bicyclic) bond motifs is 1. The number of nitrogens with zero attached hydrogens (tertiary/aromatic N) is 1. The van der Waals surface area contributed by atoms with E-state index in [1.807, 2.05) is 36.9 Å². The second-order valence-corrected chi connectivity index (χ2v) is 7.87. The van der Waals surface area contributed by atoms with Crippen LogP contribution in [0, 0.1) is 11.3 Å². The molecule has 0 bridgehead atoms. The van der Waals surface area contributed by atoms with Gasteiger partial charge < -0.3 is 15.0 Å². The lowest BCUT2D eigenvalue weighted by atomic mass is 9.92. The molecular weight excluding hydrogens is 328 g/mol. The van der Waals surface area contributed by atoms with Gasteiger partial charge in [-0.1, -0.05) is 19.9 Å². The molecule has 0 unspecified atom stereocenters. The van der Waals surface area contributed by atoms with Crippen molar-refractivity contribution in [2.75, 3.05) is 23.4 Å². The number of carbonyl (C=O) groups is 2. The number of amides is 2. The summed E-state index contributed by atoms with van der Waals surface area (Å²) in [5.74, 6) is 1.14. The molecule has 0 aromatic heterocycles. The maximum absolute atomic E-state index is 13.1. The smallest absolute Gasteiger partial charge is 0.236 e. The summed E-state index contributed by atoms with van der Waals surface area (Å²) in [6.45, 7) is 12.7. The number of ether oxygens (including phenoxy) is 1. The molecule has 0 aliphatic carbocycles. The molecule has 0 saturated heterocycles. The van der Waals surface area contributed by atoms with Crippen LogP contribution >= 0.6 is 0 Å². The summed E-state index contributed by atoms with van der Waals surface area (Å²) in [5.41, 5.74) is 0.801. The molecule has 5 nitrogen and oxygen atoms in total. The molecule has 0 spiro atoms. The third kappa shape index (κ3) is 4.87. The second kappa shape index (κ2) is 8.39. The lowest BCUT2D eigenvalue weighted by molar-refractivity contribution is -0.127. The van der Waals surface area contributed by atoms with Gasteiger partial charge in [-0.15, -0.1) is 6.58 Å². The van der Waals surface area contributed by atoms with Gasteiger partial charge in [0, 0.05) is 18.7 Å². The predicted molar refractivity (Wildman–Crippen MR) is 106 cm³/mol. The number of hydrogen-bond donors (Lipinski definition) is 1. The van der Waals surface area contributed by atoms with Gasteiger partial charge in [0.05, 0.1) is 11.1 Å². The minimum absolute atomic E-state index is 0.0482. The molecule has 0 saturated carbocycles. The van der Waals surface area contributed by atoms with Gasteiger partial charge in [0.25, 0.3) is 0 Å². The zero-order chi connectivity index (χ0) is 19.3. The molecule has 1 N–H and O–H groups in total. The van der Waals surface area contributed by atoms with E-state index in [2.05, 4.69) is 25.7 Å². The number of hydrogen-bond acceptors (Lipinski definition) is 3. The van der Waals surface area contributed by atoms with Crippen LogP contribution in [0.3, 0.4) is 0 Å². The van der Waals surface area contributed by atoms with Gasteiger partial charge in [-0.2, -0.15) is 0 Å². The van der Waals surface area contributed by atoms with Crippen LogP contribution in [0.2, 0.25) is 0 Å². The number of allylic oxidation sites excluding steroid dienone is 1. The van der Waals surface area contributed by atoms with Gasteiger partial charge in [-0.05, 0) is 50.8 Å². The van der Waals surface area contributed by atoms with E-state index >= 15 is 0 Å². The van der Waals surface area contributed by atoms with Crippen LogP contribution in [-0.2, 0) is 9.59 Å². The normalized spacial score (nSPS) is 15.9. The Morgan fingerprint density at radius 2 is 2.15 bits per heavy atom. The molecule has 1 aromatic carbocycles. The largest absolute Gasteiger partial charge is 0.490 e. The molecule has 2 rings (SSSR count). The van der Waals surface area contributed by atoms with Crippen molar-refractivity contribution in [2.45, 2.75) is 47.0 Å². The van der Waals surface area contributed by atoms with Crippen molar-refractivity contribution in [3.8, 4) is 5.75 Å². The zero-order valence-electron chi connectivity index (χ0n) is 16.3. The molecule has 1 aliphatic heterocycles. The Hall–Kier alpha value is -2.30. The fraction of sp³-hybridized carbons (Fsp3) is 0.524. The van der Waals surface area contributed by atoms with Crippen molar-refractivity contribution < 1.29 is 14.3 Å². The average Bonchev–Trinajstić information content (AvgIpc) is 2.67. The van der Waals surface area contributed by atoms with Crippen molar-refractivity contribution in [1.29, 1.82) is 0 Å². The molecule has 1 aliphatic rings. The summed E-state index contributed by atoms with van der Waals surface area (Å²) in [5, 5.41) is 2.89. The van der Waals surface area contributed by atoms with Crippen LogP contribution < -0.4 is 15.0 Å². The van der Waals surface area contributed by atoms with Crippen LogP contribution in [0.5, 0.6) is 5.75 Å². The highest BCUT2D eigenvalue weighted by molar-refractivity contribution is 6.00. The fourth-order valence-corrected chi connectivity index (χ4v) is 2.79. The highest BCUT2D eigenvalue weighted by atomic mass is 16.5. The number of carbonyl (C=O) groups excluding carboxylic acids is 2. The minimum Gasteiger partial charge on any atom is -0.490 e. The lowest BCUT2D eigenvalue weighted by Gasteiger charge is -2.28. The summed E-state index contributed by atoms with van der Waals surface area (Å²) < 4.78 is 5.91. The second-order valence-electron chi connectivity index (χ2n) is 7.87. The van der Waals surface area contributed by atoms with Crippen LogP contribution in [0.25, 0.3) is 0 Å². The van der Waals surface area contributed by atoms with Crippen molar-refractivity contribution in [2.24, 2.45) is 11.3 Å². The third-order valence-electron chi connectivity index (χ3n) is 4.45. The summed E-state index contributed by atoms with van der Waals surface area (Å²) >= 11 is 0. The Bertz CT molecular complexity index is 680. The minimum atomic E-state index is -0.594. The van der Waals surface area contributed by atoms with Crippen LogP contribution in [0.15, 0.2) is 30.9 Å². The van der Waals surface area contributed by atoms with E-state index < -0.39 is 5.41 Å². The number of anilines is 2. The number of nitrogens with one attached hydrogen (secondary N) is 1. The van der Waals surface area contributed by atoms with Gasteiger partial charge in [-0.25, -0.2) is 0 Å². The monoisotopic (exact) mass is 358 g/mol. The van der Waals surface area contributed by atoms with E-state index in [0.29, 0.717) is 43.3 Å². The average molecular weight is 358 g/mol. The van der Waals surface area contributed by atoms with Gasteiger partial charge >= 0.3 is 0 Å². The quantitative estimate of drug-likeness (QED) is 0.736. The molecule has 26 heavy (non-hydrogen) atoms. The van der Waals surface area contributed by atoms with Gasteiger partial charge in [0.15, 0.2) is 0 Å². The molecule has 5 heteroatoms. The fourth-order valence-electron chi connectivity index (χ4n) is 2.79. The maximum atomic E-state index is 13.1. The predicted octanol–water partition coefficient (Wildman–Crippen LogP) is 4.39. The number of rotatable bonds is 7. The number of benzene rings is 1. The van der Waals surface area contributed by atoms with E-state index in [9.17, 15) is 9.59 Å². The van der Waals surface area contributed by atoms with E-state index in [0.717, 1.165) is 12.1 Å². The maximum Gasteiger partial charge on any atom is 0.236 e. The van der Waals surface area contributed by atoms with Crippen molar-refractivity contribution in [3.05, 3.63) is 30.9 Å². The molecular formula is C21H30N2O3. The molecule has 0 atom stereocenters. The van der Waals surface area contributed by atoms with E-state index in [1.165, 1.54) is 0 Å². The first kappa shape index (κ1) is 20.0. The Morgan fingerprint density at radius 3 is 2.81 bits per heavy atom. The van der Waals surface area contributed by atoms with Crippen LogP contribution in [-0.4, -0.2) is 25.0 Å². The van der Waals surface area contributed by atoms with Gasteiger partial charge in [0.1, 0.15) is 12.4 Å². The van der Waals surface area contributed by atoms with Gasteiger partial charge in [-0.3, -0.25) is 9.59 Å². The summed E-state index contributed by atoms with van der Waals surface area (Å²) in [4.78, 5) is 26.9. The molecule has 142 valence electrons. The highest BCUT2D eigenvalue weighted by Crippen LogP contribution is 2.38. The summed E-state index contributed by atoms with van der Waals surface area (Å²) in [6.07, 6.45) is 3.64. The Kier molecular flexibility index (Phi) is 6.46. The summed E-state index contributed by atoms with van der Waals surface area (Å²) in [7, 11) is 0. The van der Waals surface area contributed by atoms with Crippen LogP contribution in [0.1, 0.15) is 47.0 Å². The molecule has 1 heterocycles. The first-order chi connectivity index (χ1) is 12.2. The molecule has 0 fully saturated rings. The van der Waals surface area contributed by atoms with Crippen molar-refractivity contribution in [3.63, 3.8) is 0 Å². The zero-order valence-corrected chi connectivity index (χ0v) is 16.3. The highest BCUT2D eigenvalue weighted by Gasteiger charge is 2.37. The third-order valence-corrected chi connectivity index (χ3v) is 4.45. The Balaban J connectivity index is 2.32. The molecule has 2 amide bonds. The summed E-state index contributed by atoms with van der Waals surface area (Å²) in [6, 6.07) is 5.48. The standard InChI is InChI=1S/C21H30N2O3/c1-6-7-8-19(24)22-16-9-10-18-17(13-16)23(12-11-15(2)3)20(25)21(4,5)14-26-18/h6,9-10,13,15H,1,7-8,11-12,14H2,2-5H3,(H,22,24). The van der Waals surface area contributed by atoms with Crippen molar-refractivity contribution >= 4 is 23.2 Å². The molecule has 1 aromatic rings. The first-order valence-electron chi connectivity index (χ1n) is 9.24. The topological polar surface area (TPSA) is 58.6 Å². The van der Waals surface area contributed by atoms with Crippen molar-refractivity contribution in [1.82, 2.24) is 0 Å². The van der Waals surface area contributed by atoms with E-state index in [1.54, 1.807) is 6.08 Å². The van der Waals surface area contributed by atoms with E-state index in [-0.39, 0.29) is 11.8 Å². The Labute approximate surface area is 156 Å². The molecule has 0 radical (unpaired) electrons. The van der Waals surface area contributed by atoms with Crippen LogP contribution in [0.4, 0.5) is 11.4 Å². The van der Waals surface area contributed by atoms with Gasteiger partial charge in [0.2, 0.25) is 11.8 Å². The lowest BCUT2D eigenvalue weighted by Crippen LogP contribution is -2.42. The SMILES string of the molecule is C=CCCC(=O)Nc1ccc2c(c1)N(CCC(C)C)C(=O)C(C)(C)CO2. The van der Waals surface area contributed by atoms with E-state index in [4.69, 9.17) is 4.74 Å². The first-order valence-corrected chi connectivity index (χ1v) is 9.24. The Morgan fingerprint density at radius 1 is 1.42 bits per heavy atom.